The second kappa shape index (κ2) is 2.51. The molecule has 0 aliphatic rings. The smallest absolute Gasteiger partial charge is 0.0410 e. The van der Waals surface area contributed by atoms with E-state index in [0.29, 0.717) is 16.1 Å². The van der Waals surface area contributed by atoms with Crippen molar-refractivity contribution < 1.29 is 5.11 Å². The quantitative estimate of drug-likeness (QED) is 0.562. The number of benzene rings is 1. The summed E-state index contributed by atoms with van der Waals surface area (Å²) in [5, 5.41) is 11.7. The molecule has 0 spiro atoms. The molecule has 0 aliphatic heterocycles. The van der Waals surface area contributed by atoms with Crippen LogP contribution in [0.15, 0.2) is 12.1 Å². The number of aryl methyl sites for hydroxylation is 2. The summed E-state index contributed by atoms with van der Waals surface area (Å²) in [7, 11) is 0. The first-order valence-electron chi connectivity index (χ1n) is 3.05. The lowest BCUT2D eigenvalue weighted by molar-refractivity contribution is -0.270. The van der Waals surface area contributed by atoms with Crippen molar-refractivity contribution in [3.8, 4) is 5.75 Å². The minimum absolute atomic E-state index is 0.0874. The van der Waals surface area contributed by atoms with Crippen molar-refractivity contribution in [3.05, 3.63) is 28.3 Å². The second-order valence-electron chi connectivity index (χ2n) is 2.37. The van der Waals surface area contributed by atoms with Crippen LogP contribution in [-0.4, -0.2) is 0 Å². The molecular weight excluding hydrogens is 148 g/mol. The maximum atomic E-state index is 11.1. The Balaban J connectivity index is 3.31. The highest BCUT2D eigenvalue weighted by molar-refractivity contribution is 6.30. The highest BCUT2D eigenvalue weighted by Gasteiger charge is 1.93. The molecule has 0 heterocycles. The number of rotatable bonds is 0. The summed E-state index contributed by atoms with van der Waals surface area (Å²) in [5.74, 6) is 0.0874. The van der Waals surface area contributed by atoms with E-state index >= 15 is 0 Å². The maximum Gasteiger partial charge on any atom is 0.0410 e. The van der Waals surface area contributed by atoms with Gasteiger partial charge in [-0.25, -0.2) is 0 Å². The first kappa shape index (κ1) is 7.42. The summed E-state index contributed by atoms with van der Waals surface area (Å²) in [6, 6.07) is 3.35. The fraction of sp³-hybridized carbons (Fsp3) is 0.250. The molecular formula is C8H8ClO-. The van der Waals surface area contributed by atoms with Crippen molar-refractivity contribution in [2.45, 2.75) is 13.8 Å². The first-order valence-corrected chi connectivity index (χ1v) is 3.43. The molecule has 0 aromatic heterocycles. The first-order chi connectivity index (χ1) is 4.61. The van der Waals surface area contributed by atoms with Crippen LogP contribution in [-0.2, 0) is 0 Å². The Labute approximate surface area is 65.3 Å². The fourth-order valence-electron chi connectivity index (χ4n) is 0.897. The number of hydrogen-bond acceptors (Lipinski definition) is 1. The summed E-state index contributed by atoms with van der Waals surface area (Å²) in [5.41, 5.74) is 1.43. The van der Waals surface area contributed by atoms with Gasteiger partial charge in [-0.15, -0.1) is 5.75 Å². The Morgan fingerprint density at radius 2 is 1.60 bits per heavy atom. The van der Waals surface area contributed by atoms with Gasteiger partial charge in [-0.05, 0) is 26.0 Å². The van der Waals surface area contributed by atoms with Crippen LogP contribution in [0.25, 0.3) is 0 Å². The Hall–Kier alpha value is -0.690. The Morgan fingerprint density at radius 3 is 2.00 bits per heavy atom. The molecule has 0 radical (unpaired) electrons. The molecule has 1 aromatic rings. The van der Waals surface area contributed by atoms with Crippen LogP contribution in [0.2, 0.25) is 5.02 Å². The molecule has 0 N–H and O–H groups in total. The van der Waals surface area contributed by atoms with E-state index in [1.165, 1.54) is 0 Å². The molecule has 0 atom stereocenters. The summed E-state index contributed by atoms with van der Waals surface area (Å²) in [4.78, 5) is 0. The molecule has 0 saturated heterocycles. The van der Waals surface area contributed by atoms with E-state index in [0.717, 1.165) is 0 Å². The predicted octanol–water partition coefficient (Wildman–Crippen LogP) is 2.03. The van der Waals surface area contributed by atoms with E-state index in [9.17, 15) is 5.11 Å². The van der Waals surface area contributed by atoms with Gasteiger partial charge in [0.15, 0.2) is 0 Å². The van der Waals surface area contributed by atoms with Gasteiger partial charge in [0.05, 0.1) is 0 Å². The lowest BCUT2D eigenvalue weighted by Gasteiger charge is -2.13. The van der Waals surface area contributed by atoms with Crippen molar-refractivity contribution in [1.29, 1.82) is 0 Å². The van der Waals surface area contributed by atoms with E-state index in [2.05, 4.69) is 0 Å². The Bertz CT molecular complexity index is 232. The molecule has 54 valence electrons. The van der Waals surface area contributed by atoms with Gasteiger partial charge >= 0.3 is 0 Å². The zero-order valence-electron chi connectivity index (χ0n) is 5.94. The Kier molecular flexibility index (Phi) is 1.86. The normalized spacial score (nSPS) is 9.90. The molecule has 0 aliphatic carbocycles. The van der Waals surface area contributed by atoms with Crippen molar-refractivity contribution in [3.63, 3.8) is 0 Å². The van der Waals surface area contributed by atoms with Gasteiger partial charge in [0.2, 0.25) is 0 Å². The molecule has 0 fully saturated rings. The summed E-state index contributed by atoms with van der Waals surface area (Å²) in [6.45, 7) is 3.53. The van der Waals surface area contributed by atoms with E-state index < -0.39 is 0 Å². The van der Waals surface area contributed by atoms with E-state index in [1.54, 1.807) is 26.0 Å². The molecule has 1 aromatic carbocycles. The van der Waals surface area contributed by atoms with Crippen LogP contribution in [0.3, 0.4) is 0 Å². The standard InChI is InChI=1S/C8H9ClO/c1-5-3-7(9)4-6(2)8(5)10/h3-4,10H,1-2H3/p-1. The predicted molar refractivity (Wildman–Crippen MR) is 40.4 cm³/mol. The minimum atomic E-state index is 0.0874. The summed E-state index contributed by atoms with van der Waals surface area (Å²) < 4.78 is 0. The molecule has 1 rings (SSSR count). The van der Waals surface area contributed by atoms with Crippen LogP contribution in [0.4, 0.5) is 0 Å². The molecule has 1 nitrogen and oxygen atoms in total. The van der Waals surface area contributed by atoms with Crippen LogP contribution < -0.4 is 5.11 Å². The van der Waals surface area contributed by atoms with Crippen LogP contribution >= 0.6 is 11.6 Å². The summed E-state index contributed by atoms with van der Waals surface area (Å²) in [6.07, 6.45) is 0. The third kappa shape index (κ3) is 1.24. The molecule has 2 heteroatoms. The van der Waals surface area contributed by atoms with Crippen LogP contribution in [0.1, 0.15) is 11.1 Å². The lowest BCUT2D eigenvalue weighted by atomic mass is 10.1. The van der Waals surface area contributed by atoms with Gasteiger partial charge in [-0.1, -0.05) is 22.7 Å². The molecule has 0 bridgehead atoms. The molecule has 0 unspecified atom stereocenters. The zero-order valence-corrected chi connectivity index (χ0v) is 6.70. The highest BCUT2D eigenvalue weighted by atomic mass is 35.5. The minimum Gasteiger partial charge on any atom is -0.872 e. The van der Waals surface area contributed by atoms with Crippen molar-refractivity contribution >= 4 is 11.6 Å². The van der Waals surface area contributed by atoms with Gasteiger partial charge in [0.1, 0.15) is 0 Å². The number of halogens is 1. The van der Waals surface area contributed by atoms with Gasteiger partial charge in [-0.3, -0.25) is 0 Å². The van der Waals surface area contributed by atoms with E-state index in [4.69, 9.17) is 11.6 Å². The third-order valence-electron chi connectivity index (χ3n) is 1.43. The van der Waals surface area contributed by atoms with Crippen molar-refractivity contribution in [2.75, 3.05) is 0 Å². The van der Waals surface area contributed by atoms with Crippen molar-refractivity contribution in [2.24, 2.45) is 0 Å². The number of hydrogen-bond donors (Lipinski definition) is 0. The van der Waals surface area contributed by atoms with Gasteiger partial charge in [0, 0.05) is 5.02 Å². The maximum absolute atomic E-state index is 11.1. The van der Waals surface area contributed by atoms with Crippen molar-refractivity contribution in [1.82, 2.24) is 0 Å². The average Bonchev–Trinajstić information content (AvgIpc) is 1.82. The van der Waals surface area contributed by atoms with Gasteiger partial charge in [-0.2, -0.15) is 0 Å². The van der Waals surface area contributed by atoms with Crippen LogP contribution in [0, 0.1) is 13.8 Å². The molecule has 0 saturated carbocycles. The Morgan fingerprint density at radius 1 is 1.20 bits per heavy atom. The molecule has 0 amide bonds. The van der Waals surface area contributed by atoms with E-state index in [1.807, 2.05) is 0 Å². The second-order valence-corrected chi connectivity index (χ2v) is 2.81. The lowest BCUT2D eigenvalue weighted by Crippen LogP contribution is -1.95. The average molecular weight is 156 g/mol. The third-order valence-corrected chi connectivity index (χ3v) is 1.64. The monoisotopic (exact) mass is 155 g/mol. The molecule has 10 heavy (non-hydrogen) atoms. The largest absolute Gasteiger partial charge is 0.872 e. The highest BCUT2D eigenvalue weighted by Crippen LogP contribution is 2.22. The van der Waals surface area contributed by atoms with Gasteiger partial charge < -0.3 is 5.11 Å². The van der Waals surface area contributed by atoms with Crippen LogP contribution in [0.5, 0.6) is 5.75 Å². The zero-order chi connectivity index (χ0) is 7.72. The SMILES string of the molecule is Cc1cc(Cl)cc(C)c1[O-]. The topological polar surface area (TPSA) is 23.1 Å². The summed E-state index contributed by atoms with van der Waals surface area (Å²) >= 11 is 5.68. The fourth-order valence-corrected chi connectivity index (χ4v) is 1.22. The van der Waals surface area contributed by atoms with Gasteiger partial charge in [0.25, 0.3) is 0 Å². The van der Waals surface area contributed by atoms with E-state index in [-0.39, 0.29) is 5.75 Å².